The minimum absolute atomic E-state index is 0.0101. The maximum atomic E-state index is 6.08. The third-order valence-corrected chi connectivity index (χ3v) is 4.52. The van der Waals surface area contributed by atoms with E-state index in [9.17, 15) is 0 Å². The van der Waals surface area contributed by atoms with Crippen LogP contribution in [0.15, 0.2) is 12.3 Å². The molecule has 0 saturated carbocycles. The summed E-state index contributed by atoms with van der Waals surface area (Å²) in [4.78, 5) is 9.77. The normalized spacial score (nSPS) is 12.4. The van der Waals surface area contributed by atoms with Crippen LogP contribution in [0.4, 0.5) is 11.6 Å². The lowest BCUT2D eigenvalue weighted by atomic mass is 10.3. The fourth-order valence-electron chi connectivity index (χ4n) is 1.54. The molecule has 2 heterocycles. The summed E-state index contributed by atoms with van der Waals surface area (Å²) in [5.41, 5.74) is 5.67. The molecule has 0 spiro atoms. The summed E-state index contributed by atoms with van der Waals surface area (Å²) in [6.45, 7) is 4.11. The standard InChI is InChI=1S/C12H14Cl2N4S/c1-3-7-5-16-12(19-7)6(2)17-11-9(14)4-8(13)10(15)18-11/h4-6H,3H2,1-2H3,(H3,15,17,18). The maximum Gasteiger partial charge on any atom is 0.147 e. The Morgan fingerprint density at radius 3 is 2.79 bits per heavy atom. The number of thiazole rings is 1. The summed E-state index contributed by atoms with van der Waals surface area (Å²) in [6, 6.07) is 1.59. The van der Waals surface area contributed by atoms with Crippen molar-refractivity contribution in [3.63, 3.8) is 0 Å². The van der Waals surface area contributed by atoms with Gasteiger partial charge in [-0.3, -0.25) is 0 Å². The van der Waals surface area contributed by atoms with Crippen LogP contribution >= 0.6 is 34.5 Å². The van der Waals surface area contributed by atoms with Gasteiger partial charge < -0.3 is 11.1 Å². The molecular formula is C12H14Cl2N4S. The fourth-order valence-corrected chi connectivity index (χ4v) is 2.81. The van der Waals surface area contributed by atoms with Gasteiger partial charge >= 0.3 is 0 Å². The van der Waals surface area contributed by atoms with Crippen molar-refractivity contribution < 1.29 is 0 Å². The Bertz CT molecular complexity index is 585. The Hall–Kier alpha value is -1.04. The van der Waals surface area contributed by atoms with Crippen LogP contribution in [0.2, 0.25) is 10.0 Å². The molecule has 2 rings (SSSR count). The highest BCUT2D eigenvalue weighted by atomic mass is 35.5. The first-order valence-electron chi connectivity index (χ1n) is 5.84. The molecule has 0 aliphatic carbocycles. The van der Waals surface area contributed by atoms with E-state index in [1.807, 2.05) is 13.1 Å². The number of pyridine rings is 1. The fraction of sp³-hybridized carbons (Fsp3) is 0.333. The lowest BCUT2D eigenvalue weighted by molar-refractivity contribution is 0.861. The van der Waals surface area contributed by atoms with Crippen LogP contribution in [0, 0.1) is 0 Å². The van der Waals surface area contributed by atoms with E-state index in [4.69, 9.17) is 28.9 Å². The molecule has 0 aromatic carbocycles. The lowest BCUT2D eigenvalue weighted by Crippen LogP contribution is -2.09. The van der Waals surface area contributed by atoms with Gasteiger partial charge in [0.1, 0.15) is 16.6 Å². The predicted molar refractivity (Wildman–Crippen MR) is 82.2 cm³/mol. The van der Waals surface area contributed by atoms with Crippen molar-refractivity contribution in [3.05, 3.63) is 32.2 Å². The summed E-state index contributed by atoms with van der Waals surface area (Å²) in [7, 11) is 0. The molecule has 4 nitrogen and oxygen atoms in total. The maximum absolute atomic E-state index is 6.08. The van der Waals surface area contributed by atoms with Crippen LogP contribution in [0.3, 0.4) is 0 Å². The highest BCUT2D eigenvalue weighted by Gasteiger charge is 2.14. The van der Waals surface area contributed by atoms with Crippen LogP contribution in [0.5, 0.6) is 0 Å². The molecule has 102 valence electrons. The van der Waals surface area contributed by atoms with Crippen molar-refractivity contribution in [1.82, 2.24) is 9.97 Å². The SMILES string of the molecule is CCc1cnc(C(C)Nc2nc(N)c(Cl)cc2Cl)s1. The summed E-state index contributed by atoms with van der Waals surface area (Å²) in [5.74, 6) is 0.776. The van der Waals surface area contributed by atoms with Gasteiger partial charge in [0.05, 0.1) is 16.1 Å². The van der Waals surface area contributed by atoms with Crippen LogP contribution in [0.1, 0.15) is 29.8 Å². The van der Waals surface area contributed by atoms with Gasteiger partial charge in [0.15, 0.2) is 0 Å². The van der Waals surface area contributed by atoms with Gasteiger partial charge in [0, 0.05) is 11.1 Å². The van der Waals surface area contributed by atoms with Crippen molar-refractivity contribution in [3.8, 4) is 0 Å². The van der Waals surface area contributed by atoms with Crippen LogP contribution in [-0.2, 0) is 6.42 Å². The van der Waals surface area contributed by atoms with E-state index >= 15 is 0 Å². The van der Waals surface area contributed by atoms with Crippen molar-refractivity contribution >= 4 is 46.2 Å². The molecule has 0 amide bonds. The number of halogens is 2. The van der Waals surface area contributed by atoms with Gasteiger partial charge in [-0.2, -0.15) is 0 Å². The highest BCUT2D eigenvalue weighted by Crippen LogP contribution is 2.30. The zero-order valence-electron chi connectivity index (χ0n) is 10.6. The van der Waals surface area contributed by atoms with Crippen molar-refractivity contribution in [2.45, 2.75) is 26.3 Å². The quantitative estimate of drug-likeness (QED) is 0.888. The first kappa shape index (κ1) is 14.4. The van der Waals surface area contributed by atoms with E-state index in [2.05, 4.69) is 22.2 Å². The van der Waals surface area contributed by atoms with Gasteiger partial charge in [0.2, 0.25) is 0 Å². The monoisotopic (exact) mass is 316 g/mol. The third kappa shape index (κ3) is 3.29. The zero-order chi connectivity index (χ0) is 14.0. The Morgan fingerprint density at radius 1 is 1.42 bits per heavy atom. The number of nitrogens with two attached hydrogens (primary N) is 1. The van der Waals surface area contributed by atoms with E-state index in [1.54, 1.807) is 17.4 Å². The van der Waals surface area contributed by atoms with E-state index in [1.165, 1.54) is 4.88 Å². The van der Waals surface area contributed by atoms with Crippen molar-refractivity contribution in [2.24, 2.45) is 0 Å². The van der Waals surface area contributed by atoms with Crippen LogP contribution < -0.4 is 11.1 Å². The van der Waals surface area contributed by atoms with Gasteiger partial charge in [-0.15, -0.1) is 11.3 Å². The van der Waals surface area contributed by atoms with E-state index < -0.39 is 0 Å². The second-order valence-electron chi connectivity index (χ2n) is 4.07. The minimum atomic E-state index is 0.0101. The Balaban J connectivity index is 2.18. The lowest BCUT2D eigenvalue weighted by Gasteiger charge is -2.14. The summed E-state index contributed by atoms with van der Waals surface area (Å²) >= 11 is 13.6. The molecule has 7 heteroatoms. The number of hydrogen-bond donors (Lipinski definition) is 2. The van der Waals surface area contributed by atoms with Crippen molar-refractivity contribution in [1.29, 1.82) is 0 Å². The van der Waals surface area contributed by atoms with Crippen LogP contribution in [0.25, 0.3) is 0 Å². The molecule has 1 atom stereocenters. The zero-order valence-corrected chi connectivity index (χ0v) is 12.9. The topological polar surface area (TPSA) is 63.8 Å². The molecule has 1 unspecified atom stereocenters. The van der Waals surface area contributed by atoms with Gasteiger partial charge in [-0.25, -0.2) is 9.97 Å². The summed E-state index contributed by atoms with van der Waals surface area (Å²) < 4.78 is 0. The second kappa shape index (κ2) is 5.94. The molecule has 2 aromatic rings. The summed E-state index contributed by atoms with van der Waals surface area (Å²) in [5, 5.41) is 4.98. The number of hydrogen-bond acceptors (Lipinski definition) is 5. The molecule has 0 radical (unpaired) electrons. The smallest absolute Gasteiger partial charge is 0.147 e. The number of nitrogens with one attached hydrogen (secondary N) is 1. The Morgan fingerprint density at radius 2 is 2.16 bits per heavy atom. The largest absolute Gasteiger partial charge is 0.382 e. The Kier molecular flexibility index (Phi) is 4.50. The average Bonchev–Trinajstić information content (AvgIpc) is 2.84. The van der Waals surface area contributed by atoms with Crippen LogP contribution in [-0.4, -0.2) is 9.97 Å². The highest BCUT2D eigenvalue weighted by molar-refractivity contribution is 7.11. The Labute approximate surface area is 126 Å². The van der Waals surface area contributed by atoms with Gasteiger partial charge in [0.25, 0.3) is 0 Å². The summed E-state index contributed by atoms with van der Waals surface area (Å²) in [6.07, 6.45) is 2.88. The average molecular weight is 317 g/mol. The van der Waals surface area contributed by atoms with E-state index in [0.29, 0.717) is 15.9 Å². The van der Waals surface area contributed by atoms with Crippen molar-refractivity contribution in [2.75, 3.05) is 11.1 Å². The first-order valence-corrected chi connectivity index (χ1v) is 7.41. The molecule has 0 aliphatic heterocycles. The molecular weight excluding hydrogens is 303 g/mol. The first-order chi connectivity index (χ1) is 9.01. The van der Waals surface area contributed by atoms with Gasteiger partial charge in [-0.05, 0) is 19.4 Å². The second-order valence-corrected chi connectivity index (χ2v) is 6.03. The third-order valence-electron chi connectivity index (χ3n) is 2.60. The number of aromatic nitrogens is 2. The number of nitrogens with zero attached hydrogens (tertiary/aromatic N) is 2. The molecule has 19 heavy (non-hydrogen) atoms. The molecule has 0 bridgehead atoms. The number of nitrogen functional groups attached to an aromatic ring is 1. The van der Waals surface area contributed by atoms with E-state index in [0.717, 1.165) is 11.4 Å². The molecule has 0 aliphatic rings. The van der Waals surface area contributed by atoms with Gasteiger partial charge in [-0.1, -0.05) is 30.1 Å². The number of anilines is 2. The minimum Gasteiger partial charge on any atom is -0.382 e. The predicted octanol–water partition coefficient (Wildman–Crippen LogP) is 4.16. The number of rotatable bonds is 4. The number of aryl methyl sites for hydroxylation is 1. The molecule has 3 N–H and O–H groups in total. The van der Waals surface area contributed by atoms with E-state index in [-0.39, 0.29) is 11.9 Å². The molecule has 0 saturated heterocycles. The molecule has 0 fully saturated rings. The molecule has 2 aromatic heterocycles.